The third-order valence-electron chi connectivity index (χ3n) is 4.08. The monoisotopic (exact) mass is 353 g/mol. The van der Waals surface area contributed by atoms with Gasteiger partial charge in [-0.05, 0) is 39.8 Å². The van der Waals surface area contributed by atoms with Crippen molar-refractivity contribution in [3.05, 3.63) is 59.7 Å². The molecule has 0 bridgehead atoms. The van der Waals surface area contributed by atoms with Crippen LogP contribution < -0.4 is 10.1 Å². The van der Waals surface area contributed by atoms with Crippen LogP contribution in [-0.4, -0.2) is 23.5 Å². The van der Waals surface area contributed by atoms with Crippen LogP contribution in [0.4, 0.5) is 0 Å². The highest BCUT2D eigenvalue weighted by atomic mass is 16.5. The van der Waals surface area contributed by atoms with Crippen LogP contribution in [-0.2, 0) is 14.3 Å². The Hall–Kier alpha value is -2.82. The zero-order valence-corrected chi connectivity index (χ0v) is 15.4. The van der Waals surface area contributed by atoms with E-state index < -0.39 is 23.5 Å². The molecule has 2 aromatic rings. The molecule has 0 unspecified atom stereocenters. The van der Waals surface area contributed by atoms with Crippen molar-refractivity contribution < 1.29 is 19.1 Å². The number of benzene rings is 2. The van der Waals surface area contributed by atoms with Gasteiger partial charge in [-0.1, -0.05) is 36.4 Å². The number of fused-ring (bicyclic) bond motifs is 2. The fourth-order valence-corrected chi connectivity index (χ4v) is 2.93. The van der Waals surface area contributed by atoms with Crippen molar-refractivity contribution >= 4 is 11.9 Å². The largest absolute Gasteiger partial charge is 0.457 e. The highest BCUT2D eigenvalue weighted by Gasteiger charge is 2.35. The standard InChI is InChI=1S/C21H23NO4/c1-13(19(23)22-21(2,3)4)25-20(24)18-14-9-5-7-11-16(14)26-17-12-8-6-10-15(17)18/h5-13,18H,1-4H3,(H,22,23)/t13-/m1/s1. The lowest BCUT2D eigenvalue weighted by molar-refractivity contribution is -0.156. The molecule has 1 amide bonds. The zero-order valence-electron chi connectivity index (χ0n) is 15.4. The van der Waals surface area contributed by atoms with E-state index in [0.29, 0.717) is 11.5 Å². The molecule has 136 valence electrons. The molecule has 0 aromatic heterocycles. The maximum atomic E-state index is 12.9. The molecule has 0 saturated heterocycles. The van der Waals surface area contributed by atoms with Crippen LogP contribution in [0.15, 0.2) is 48.5 Å². The molecule has 0 saturated carbocycles. The Bertz CT molecular complexity index is 792. The van der Waals surface area contributed by atoms with Gasteiger partial charge in [-0.15, -0.1) is 0 Å². The maximum absolute atomic E-state index is 12.9. The molecule has 1 N–H and O–H groups in total. The summed E-state index contributed by atoms with van der Waals surface area (Å²) in [6.07, 6.45) is -0.885. The number of hydrogen-bond donors (Lipinski definition) is 1. The first-order valence-corrected chi connectivity index (χ1v) is 8.64. The summed E-state index contributed by atoms with van der Waals surface area (Å²) in [6.45, 7) is 7.22. The molecule has 5 nitrogen and oxygen atoms in total. The number of ether oxygens (including phenoxy) is 2. The molecule has 1 heterocycles. The molecule has 0 fully saturated rings. The van der Waals surface area contributed by atoms with Crippen molar-refractivity contribution in [1.82, 2.24) is 5.32 Å². The Labute approximate surface area is 153 Å². The van der Waals surface area contributed by atoms with Crippen molar-refractivity contribution in [2.75, 3.05) is 0 Å². The smallest absolute Gasteiger partial charge is 0.318 e. The molecular formula is C21H23NO4. The summed E-state index contributed by atoms with van der Waals surface area (Å²) in [5.41, 5.74) is 1.08. The third-order valence-corrected chi connectivity index (χ3v) is 4.08. The SMILES string of the molecule is C[C@@H](OC(=O)C1c2ccccc2Oc2ccccc21)C(=O)NC(C)(C)C. The van der Waals surface area contributed by atoms with E-state index in [1.165, 1.54) is 0 Å². The van der Waals surface area contributed by atoms with E-state index in [2.05, 4.69) is 5.32 Å². The minimum atomic E-state index is -0.885. The van der Waals surface area contributed by atoms with Crippen LogP contribution in [0.1, 0.15) is 44.7 Å². The first kappa shape index (κ1) is 18.0. The predicted molar refractivity (Wildman–Crippen MR) is 98.3 cm³/mol. The number of para-hydroxylation sites is 2. The minimum absolute atomic E-state index is 0.320. The van der Waals surface area contributed by atoms with Gasteiger partial charge in [0.2, 0.25) is 0 Å². The van der Waals surface area contributed by atoms with E-state index in [1.54, 1.807) is 6.92 Å². The summed E-state index contributed by atoms with van der Waals surface area (Å²) >= 11 is 0. The molecule has 0 aliphatic carbocycles. The van der Waals surface area contributed by atoms with Gasteiger partial charge in [-0.3, -0.25) is 9.59 Å². The highest BCUT2D eigenvalue weighted by Crippen LogP contribution is 2.44. The molecule has 2 aromatic carbocycles. The second kappa shape index (κ2) is 6.83. The Morgan fingerprint density at radius 3 is 2.00 bits per heavy atom. The molecule has 1 atom stereocenters. The topological polar surface area (TPSA) is 64.6 Å². The van der Waals surface area contributed by atoms with Crippen molar-refractivity contribution in [3.8, 4) is 11.5 Å². The summed E-state index contributed by atoms with van der Waals surface area (Å²) in [7, 11) is 0. The highest BCUT2D eigenvalue weighted by molar-refractivity contribution is 5.89. The fourth-order valence-electron chi connectivity index (χ4n) is 2.93. The van der Waals surface area contributed by atoms with Gasteiger partial charge < -0.3 is 14.8 Å². The van der Waals surface area contributed by atoms with Crippen molar-refractivity contribution in [1.29, 1.82) is 0 Å². The number of hydrogen-bond acceptors (Lipinski definition) is 4. The van der Waals surface area contributed by atoms with E-state index in [1.807, 2.05) is 69.3 Å². The van der Waals surface area contributed by atoms with Crippen LogP contribution in [0.5, 0.6) is 11.5 Å². The van der Waals surface area contributed by atoms with Gasteiger partial charge >= 0.3 is 5.97 Å². The van der Waals surface area contributed by atoms with E-state index in [9.17, 15) is 9.59 Å². The summed E-state index contributed by atoms with van der Waals surface area (Å²) in [4.78, 5) is 25.2. The lowest BCUT2D eigenvalue weighted by Crippen LogP contribution is -2.46. The predicted octanol–water partition coefficient (Wildman–Crippen LogP) is 3.77. The van der Waals surface area contributed by atoms with Crippen LogP contribution >= 0.6 is 0 Å². The Morgan fingerprint density at radius 2 is 1.50 bits per heavy atom. The maximum Gasteiger partial charge on any atom is 0.318 e. The van der Waals surface area contributed by atoms with Gasteiger partial charge in [-0.25, -0.2) is 0 Å². The lowest BCUT2D eigenvalue weighted by atomic mass is 9.88. The number of esters is 1. The van der Waals surface area contributed by atoms with Crippen molar-refractivity contribution in [2.45, 2.75) is 45.3 Å². The number of amides is 1. The second-order valence-electron chi connectivity index (χ2n) is 7.43. The first-order chi connectivity index (χ1) is 12.3. The van der Waals surface area contributed by atoms with E-state index in [4.69, 9.17) is 9.47 Å². The average molecular weight is 353 g/mol. The number of carbonyl (C=O) groups excluding carboxylic acids is 2. The normalized spacial score (nSPS) is 14.5. The molecular weight excluding hydrogens is 330 g/mol. The zero-order chi connectivity index (χ0) is 18.9. The Balaban J connectivity index is 1.87. The number of nitrogens with one attached hydrogen (secondary N) is 1. The molecule has 5 heteroatoms. The summed E-state index contributed by atoms with van der Waals surface area (Å²) in [5.74, 6) is -0.162. The van der Waals surface area contributed by atoms with E-state index in [-0.39, 0.29) is 5.91 Å². The van der Waals surface area contributed by atoms with Crippen molar-refractivity contribution in [3.63, 3.8) is 0 Å². The summed E-state index contributed by atoms with van der Waals surface area (Å²) in [6, 6.07) is 14.7. The average Bonchev–Trinajstić information content (AvgIpc) is 2.57. The fraction of sp³-hybridized carbons (Fsp3) is 0.333. The molecule has 26 heavy (non-hydrogen) atoms. The molecule has 1 aliphatic heterocycles. The summed E-state index contributed by atoms with van der Waals surface area (Å²) in [5, 5.41) is 2.82. The van der Waals surface area contributed by atoms with Crippen LogP contribution in [0.3, 0.4) is 0 Å². The van der Waals surface area contributed by atoms with Crippen LogP contribution in [0.25, 0.3) is 0 Å². The second-order valence-corrected chi connectivity index (χ2v) is 7.43. The van der Waals surface area contributed by atoms with Crippen molar-refractivity contribution in [2.24, 2.45) is 0 Å². The van der Waals surface area contributed by atoms with Gasteiger partial charge in [0.25, 0.3) is 5.91 Å². The quantitative estimate of drug-likeness (QED) is 0.853. The molecule has 0 spiro atoms. The molecule has 3 rings (SSSR count). The van der Waals surface area contributed by atoms with Gasteiger partial charge in [-0.2, -0.15) is 0 Å². The third kappa shape index (κ3) is 3.72. The van der Waals surface area contributed by atoms with Gasteiger partial charge in [0, 0.05) is 16.7 Å². The van der Waals surface area contributed by atoms with Crippen LogP contribution in [0.2, 0.25) is 0 Å². The minimum Gasteiger partial charge on any atom is -0.457 e. The molecule has 0 radical (unpaired) electrons. The summed E-state index contributed by atoms with van der Waals surface area (Å²) < 4.78 is 11.4. The van der Waals surface area contributed by atoms with E-state index in [0.717, 1.165) is 11.1 Å². The Kier molecular flexibility index (Phi) is 4.72. The number of carbonyl (C=O) groups is 2. The van der Waals surface area contributed by atoms with Crippen LogP contribution in [0, 0.1) is 0 Å². The number of rotatable bonds is 3. The van der Waals surface area contributed by atoms with E-state index >= 15 is 0 Å². The first-order valence-electron chi connectivity index (χ1n) is 8.64. The Morgan fingerprint density at radius 1 is 1.00 bits per heavy atom. The van der Waals surface area contributed by atoms with Gasteiger partial charge in [0.05, 0.1) is 0 Å². The lowest BCUT2D eigenvalue weighted by Gasteiger charge is -2.28. The molecule has 1 aliphatic rings. The van der Waals surface area contributed by atoms with Gasteiger partial charge in [0.1, 0.15) is 17.4 Å². The van der Waals surface area contributed by atoms with Gasteiger partial charge in [0.15, 0.2) is 6.10 Å².